The van der Waals surface area contributed by atoms with Crippen molar-refractivity contribution in [2.24, 2.45) is 0 Å². The zero-order chi connectivity index (χ0) is 13.0. The number of carboxylic acid groups (broad SMARTS) is 1. The first-order valence-electron chi connectivity index (χ1n) is 6.07. The van der Waals surface area contributed by atoms with Crippen LogP contribution in [0.25, 0.3) is 0 Å². The van der Waals surface area contributed by atoms with Crippen LogP contribution in [-0.4, -0.2) is 34.2 Å². The van der Waals surface area contributed by atoms with E-state index in [1.807, 2.05) is 0 Å². The largest absolute Gasteiger partial charge is 0.478 e. The number of likely N-dealkylation sites (tertiary alicyclic amines) is 1. The van der Waals surface area contributed by atoms with Gasteiger partial charge in [0.1, 0.15) is 0 Å². The summed E-state index contributed by atoms with van der Waals surface area (Å²) in [4.78, 5) is 13.2. The molecule has 0 bridgehead atoms. The third kappa shape index (κ3) is 2.98. The minimum atomic E-state index is -0.945. The fourth-order valence-electron chi connectivity index (χ4n) is 2.07. The van der Waals surface area contributed by atoms with Gasteiger partial charge in [-0.15, -0.1) is 0 Å². The van der Waals surface area contributed by atoms with Crippen molar-refractivity contribution >= 4 is 29.0 Å². The second-order valence-electron chi connectivity index (χ2n) is 4.33. The minimum Gasteiger partial charge on any atom is -0.478 e. The number of aromatic carboxylic acids is 1. The molecule has 0 spiro atoms. The van der Waals surface area contributed by atoms with Gasteiger partial charge in [-0.25, -0.2) is 4.79 Å². The fraction of sp³-hybridized carbons (Fsp3) is 0.385. The van der Waals surface area contributed by atoms with Crippen LogP contribution in [0.3, 0.4) is 0 Å². The number of rotatable bonds is 2. The molecule has 0 aliphatic carbocycles. The summed E-state index contributed by atoms with van der Waals surface area (Å²) in [7, 11) is 0. The molecule has 1 fully saturated rings. The molecule has 0 aromatic heterocycles. The van der Waals surface area contributed by atoms with E-state index in [1.54, 1.807) is 24.3 Å². The molecule has 0 amide bonds. The molecule has 0 radical (unpaired) electrons. The van der Waals surface area contributed by atoms with Gasteiger partial charge in [0.15, 0.2) is 5.11 Å². The molecule has 5 heteroatoms. The Labute approximate surface area is 112 Å². The summed E-state index contributed by atoms with van der Waals surface area (Å²) in [5.41, 5.74) is 0.803. The Hall–Kier alpha value is -1.62. The standard InChI is InChI=1S/C13H16N2O2S/c16-12(17)10-6-2-3-7-11(10)14-13(18)15-8-4-1-5-9-15/h2-3,6-7H,1,4-5,8-9H2,(H,14,18)(H,16,17). The molecule has 2 rings (SSSR count). The Balaban J connectivity index is 2.08. The number of hydrogen-bond acceptors (Lipinski definition) is 2. The highest BCUT2D eigenvalue weighted by Crippen LogP contribution is 2.17. The second-order valence-corrected chi connectivity index (χ2v) is 4.72. The van der Waals surface area contributed by atoms with Crippen LogP contribution >= 0.6 is 12.2 Å². The predicted octanol–water partition coefficient (Wildman–Crippen LogP) is 2.57. The summed E-state index contributed by atoms with van der Waals surface area (Å²) in [6.45, 7) is 1.89. The van der Waals surface area contributed by atoms with Crippen LogP contribution in [0.2, 0.25) is 0 Å². The van der Waals surface area contributed by atoms with Gasteiger partial charge in [-0.2, -0.15) is 0 Å². The Morgan fingerprint density at radius 2 is 1.89 bits per heavy atom. The maximum Gasteiger partial charge on any atom is 0.337 e. The number of anilines is 1. The predicted molar refractivity (Wildman–Crippen MR) is 75.0 cm³/mol. The molecule has 18 heavy (non-hydrogen) atoms. The van der Waals surface area contributed by atoms with Gasteiger partial charge in [0.2, 0.25) is 0 Å². The number of carbonyl (C=O) groups is 1. The molecular formula is C13H16N2O2S. The number of benzene rings is 1. The fourth-order valence-corrected chi connectivity index (χ4v) is 2.36. The number of carboxylic acids is 1. The number of thiocarbonyl (C=S) groups is 1. The molecule has 4 nitrogen and oxygen atoms in total. The van der Waals surface area contributed by atoms with E-state index in [9.17, 15) is 4.79 Å². The van der Waals surface area contributed by atoms with Crippen molar-refractivity contribution in [3.63, 3.8) is 0 Å². The van der Waals surface area contributed by atoms with Crippen molar-refractivity contribution in [1.82, 2.24) is 4.90 Å². The van der Waals surface area contributed by atoms with E-state index in [0.717, 1.165) is 25.9 Å². The van der Waals surface area contributed by atoms with Crippen LogP contribution in [-0.2, 0) is 0 Å². The van der Waals surface area contributed by atoms with Crippen molar-refractivity contribution in [1.29, 1.82) is 0 Å². The van der Waals surface area contributed by atoms with Gasteiger partial charge in [-0.1, -0.05) is 12.1 Å². The van der Waals surface area contributed by atoms with Gasteiger partial charge >= 0.3 is 5.97 Å². The summed E-state index contributed by atoms with van der Waals surface area (Å²) in [6.07, 6.45) is 3.52. The molecule has 2 N–H and O–H groups in total. The van der Waals surface area contributed by atoms with Crippen molar-refractivity contribution in [3.05, 3.63) is 29.8 Å². The minimum absolute atomic E-state index is 0.247. The van der Waals surface area contributed by atoms with E-state index in [-0.39, 0.29) is 5.56 Å². The zero-order valence-electron chi connectivity index (χ0n) is 10.1. The molecule has 1 aromatic carbocycles. The highest BCUT2D eigenvalue weighted by Gasteiger charge is 2.15. The zero-order valence-corrected chi connectivity index (χ0v) is 10.9. The molecule has 1 aliphatic rings. The van der Waals surface area contributed by atoms with Gasteiger partial charge < -0.3 is 15.3 Å². The van der Waals surface area contributed by atoms with E-state index in [4.69, 9.17) is 17.3 Å². The van der Waals surface area contributed by atoms with Gasteiger partial charge in [-0.3, -0.25) is 0 Å². The first-order valence-corrected chi connectivity index (χ1v) is 6.47. The van der Waals surface area contributed by atoms with Crippen molar-refractivity contribution in [3.8, 4) is 0 Å². The van der Waals surface area contributed by atoms with E-state index >= 15 is 0 Å². The first kappa shape index (κ1) is 12.8. The Morgan fingerprint density at radius 3 is 2.56 bits per heavy atom. The Morgan fingerprint density at radius 1 is 1.22 bits per heavy atom. The van der Waals surface area contributed by atoms with Gasteiger partial charge in [0, 0.05) is 13.1 Å². The quantitative estimate of drug-likeness (QED) is 0.804. The number of nitrogens with one attached hydrogen (secondary N) is 1. The normalized spacial score (nSPS) is 15.2. The van der Waals surface area contributed by atoms with Crippen LogP contribution in [0, 0.1) is 0 Å². The second kappa shape index (κ2) is 5.82. The molecule has 0 unspecified atom stereocenters. The molecule has 1 heterocycles. The summed E-state index contributed by atoms with van der Waals surface area (Å²) in [6, 6.07) is 6.81. The lowest BCUT2D eigenvalue weighted by Gasteiger charge is -2.29. The first-order chi connectivity index (χ1) is 8.68. The van der Waals surface area contributed by atoms with E-state index in [0.29, 0.717) is 10.8 Å². The van der Waals surface area contributed by atoms with Gasteiger partial charge in [0.05, 0.1) is 11.3 Å². The highest BCUT2D eigenvalue weighted by molar-refractivity contribution is 7.80. The van der Waals surface area contributed by atoms with Gasteiger partial charge in [-0.05, 0) is 43.6 Å². The van der Waals surface area contributed by atoms with Gasteiger partial charge in [0.25, 0.3) is 0 Å². The molecule has 0 saturated carbocycles. The third-order valence-electron chi connectivity index (χ3n) is 3.04. The number of para-hydroxylation sites is 1. The lowest BCUT2D eigenvalue weighted by atomic mass is 10.1. The van der Waals surface area contributed by atoms with Crippen molar-refractivity contribution < 1.29 is 9.90 Å². The summed E-state index contributed by atoms with van der Waals surface area (Å²) in [5.74, 6) is -0.945. The molecule has 1 saturated heterocycles. The smallest absolute Gasteiger partial charge is 0.337 e. The van der Waals surface area contributed by atoms with Crippen molar-refractivity contribution in [2.45, 2.75) is 19.3 Å². The third-order valence-corrected chi connectivity index (χ3v) is 3.40. The van der Waals surface area contributed by atoms with Crippen LogP contribution in [0.4, 0.5) is 5.69 Å². The number of hydrogen-bond donors (Lipinski definition) is 2. The molecule has 1 aliphatic heterocycles. The molecule has 0 atom stereocenters. The SMILES string of the molecule is O=C(O)c1ccccc1NC(=S)N1CCCCC1. The maximum absolute atomic E-state index is 11.1. The van der Waals surface area contributed by atoms with Crippen molar-refractivity contribution in [2.75, 3.05) is 18.4 Å². The van der Waals surface area contributed by atoms with Crippen LogP contribution < -0.4 is 5.32 Å². The summed E-state index contributed by atoms with van der Waals surface area (Å²) < 4.78 is 0. The Bertz CT molecular complexity index is 456. The monoisotopic (exact) mass is 264 g/mol. The van der Waals surface area contributed by atoms with Crippen LogP contribution in [0.1, 0.15) is 29.6 Å². The number of piperidine rings is 1. The van der Waals surface area contributed by atoms with E-state index in [1.165, 1.54) is 6.42 Å². The lowest BCUT2D eigenvalue weighted by Crippen LogP contribution is -2.38. The Kier molecular flexibility index (Phi) is 4.15. The lowest BCUT2D eigenvalue weighted by molar-refractivity contribution is 0.0698. The van der Waals surface area contributed by atoms with Crippen LogP contribution in [0.15, 0.2) is 24.3 Å². The molecule has 1 aromatic rings. The number of nitrogens with zero attached hydrogens (tertiary/aromatic N) is 1. The van der Waals surface area contributed by atoms with E-state index in [2.05, 4.69) is 10.2 Å². The average molecular weight is 264 g/mol. The summed E-state index contributed by atoms with van der Waals surface area (Å²) >= 11 is 5.32. The highest BCUT2D eigenvalue weighted by atomic mass is 32.1. The average Bonchev–Trinajstić information content (AvgIpc) is 2.40. The van der Waals surface area contributed by atoms with Crippen LogP contribution in [0.5, 0.6) is 0 Å². The summed E-state index contributed by atoms with van der Waals surface area (Å²) in [5, 5.41) is 12.7. The maximum atomic E-state index is 11.1. The van der Waals surface area contributed by atoms with E-state index < -0.39 is 5.97 Å². The molecular weight excluding hydrogens is 248 g/mol. The topological polar surface area (TPSA) is 52.6 Å². The molecule has 96 valence electrons.